The predicted molar refractivity (Wildman–Crippen MR) is 103 cm³/mol. The lowest BCUT2D eigenvalue weighted by molar-refractivity contribution is 0.215. The van der Waals surface area contributed by atoms with E-state index in [4.69, 9.17) is 14.2 Å². The van der Waals surface area contributed by atoms with Crippen LogP contribution in [0.3, 0.4) is 0 Å². The maximum absolute atomic E-state index is 12.3. The zero-order chi connectivity index (χ0) is 19.0. The van der Waals surface area contributed by atoms with E-state index in [0.717, 1.165) is 18.7 Å². The average molecular weight is 369 g/mol. The largest absolute Gasteiger partial charge is 0.493 e. The van der Waals surface area contributed by atoms with Crippen LogP contribution < -0.4 is 30.2 Å². The van der Waals surface area contributed by atoms with Crippen molar-refractivity contribution in [3.05, 3.63) is 42.0 Å². The molecule has 2 aliphatic heterocycles. The van der Waals surface area contributed by atoms with Crippen LogP contribution in [0.2, 0.25) is 0 Å². The summed E-state index contributed by atoms with van der Waals surface area (Å²) in [6.07, 6.45) is 0.710. The Morgan fingerprint density at radius 1 is 1.15 bits per heavy atom. The Morgan fingerprint density at radius 2 is 1.96 bits per heavy atom. The Labute approximate surface area is 158 Å². The number of amides is 1. The lowest BCUT2D eigenvalue weighted by Gasteiger charge is -2.23. The van der Waals surface area contributed by atoms with Crippen molar-refractivity contribution in [1.29, 1.82) is 0 Å². The van der Waals surface area contributed by atoms with Crippen molar-refractivity contribution in [2.45, 2.75) is 24.9 Å². The minimum atomic E-state index is -0.556. The van der Waals surface area contributed by atoms with Gasteiger partial charge in [-0.15, -0.1) is 0 Å². The molecule has 7 heteroatoms. The molecule has 7 nitrogen and oxygen atoms in total. The lowest BCUT2D eigenvalue weighted by Crippen LogP contribution is -2.38. The molecule has 0 radical (unpaired) electrons. The average Bonchev–Trinajstić information content (AvgIpc) is 3.15. The summed E-state index contributed by atoms with van der Waals surface area (Å²) in [7, 11) is 3.11. The molecule has 0 bridgehead atoms. The number of rotatable bonds is 4. The fraction of sp³-hybridized carbons (Fsp3) is 0.350. The first kappa shape index (κ1) is 17.5. The van der Waals surface area contributed by atoms with Crippen LogP contribution in [-0.2, 0) is 5.41 Å². The van der Waals surface area contributed by atoms with Gasteiger partial charge in [0.1, 0.15) is 5.75 Å². The van der Waals surface area contributed by atoms with Gasteiger partial charge in [-0.25, -0.2) is 4.79 Å². The van der Waals surface area contributed by atoms with Gasteiger partial charge in [0.25, 0.3) is 0 Å². The molecule has 27 heavy (non-hydrogen) atoms. The number of carbonyl (C=O) groups is 1. The van der Waals surface area contributed by atoms with E-state index in [2.05, 4.69) is 22.9 Å². The Hall–Kier alpha value is -2.93. The van der Waals surface area contributed by atoms with Crippen LogP contribution in [0.5, 0.6) is 17.2 Å². The van der Waals surface area contributed by atoms with Gasteiger partial charge in [-0.1, -0.05) is 6.92 Å². The predicted octanol–water partition coefficient (Wildman–Crippen LogP) is 3.32. The van der Waals surface area contributed by atoms with Crippen LogP contribution in [0, 0.1) is 0 Å². The zero-order valence-electron chi connectivity index (χ0n) is 15.6. The number of hydrogen-bond donors (Lipinski definition) is 3. The third-order valence-corrected chi connectivity index (χ3v) is 5.38. The monoisotopic (exact) mass is 369 g/mol. The molecule has 1 amide bonds. The zero-order valence-corrected chi connectivity index (χ0v) is 15.6. The van der Waals surface area contributed by atoms with E-state index in [0.29, 0.717) is 22.9 Å². The van der Waals surface area contributed by atoms with E-state index < -0.39 is 6.09 Å². The van der Waals surface area contributed by atoms with Crippen molar-refractivity contribution in [1.82, 2.24) is 5.32 Å². The molecule has 1 unspecified atom stereocenters. The standard InChI is InChI=1S/C20H23N3O4/c1-20-8-9-21-18(20)23-15-6-5-13(11-14(15)20)27-19(24)22-12-4-7-16(25-2)17(10-12)26-3/h4-7,10-11,18,21,23H,8-9H2,1-3H3,(H,22,24)/t18?,20-/m0/s1. The molecule has 0 aromatic heterocycles. The quantitative estimate of drug-likeness (QED) is 0.767. The van der Waals surface area contributed by atoms with Gasteiger partial charge in [0.05, 0.1) is 20.4 Å². The van der Waals surface area contributed by atoms with Crippen LogP contribution in [0.15, 0.2) is 36.4 Å². The molecule has 1 saturated heterocycles. The molecule has 1 fully saturated rings. The Morgan fingerprint density at radius 3 is 2.74 bits per heavy atom. The molecule has 2 aromatic rings. The molecular weight excluding hydrogens is 346 g/mol. The van der Waals surface area contributed by atoms with Crippen molar-refractivity contribution in [3.63, 3.8) is 0 Å². The summed E-state index contributed by atoms with van der Waals surface area (Å²) in [5.41, 5.74) is 2.83. The molecule has 4 rings (SSSR count). The topological polar surface area (TPSA) is 80.9 Å². The highest BCUT2D eigenvalue weighted by Gasteiger charge is 2.46. The van der Waals surface area contributed by atoms with E-state index in [9.17, 15) is 4.79 Å². The van der Waals surface area contributed by atoms with Gasteiger partial charge in [-0.2, -0.15) is 0 Å². The molecule has 0 aliphatic carbocycles. The number of benzene rings is 2. The van der Waals surface area contributed by atoms with Gasteiger partial charge in [-0.3, -0.25) is 10.6 Å². The fourth-order valence-electron chi connectivity index (χ4n) is 3.85. The van der Waals surface area contributed by atoms with Crippen molar-refractivity contribution >= 4 is 17.5 Å². The summed E-state index contributed by atoms with van der Waals surface area (Å²) in [6, 6.07) is 10.8. The first-order valence-corrected chi connectivity index (χ1v) is 8.89. The first-order valence-electron chi connectivity index (χ1n) is 8.89. The lowest BCUT2D eigenvalue weighted by atomic mass is 9.81. The number of ether oxygens (including phenoxy) is 3. The number of carbonyl (C=O) groups excluding carboxylic acids is 1. The third-order valence-electron chi connectivity index (χ3n) is 5.38. The van der Waals surface area contributed by atoms with Crippen molar-refractivity contribution in [2.75, 3.05) is 31.4 Å². The maximum Gasteiger partial charge on any atom is 0.417 e. The van der Waals surface area contributed by atoms with E-state index >= 15 is 0 Å². The van der Waals surface area contributed by atoms with Gasteiger partial charge in [-0.05, 0) is 48.9 Å². The summed E-state index contributed by atoms with van der Waals surface area (Å²) in [6.45, 7) is 3.20. The van der Waals surface area contributed by atoms with E-state index in [-0.39, 0.29) is 11.6 Å². The Balaban J connectivity index is 1.48. The summed E-state index contributed by atoms with van der Waals surface area (Å²) < 4.78 is 15.9. The van der Waals surface area contributed by atoms with Crippen molar-refractivity contribution in [2.24, 2.45) is 0 Å². The summed E-state index contributed by atoms with van der Waals surface area (Å²) in [5.74, 6) is 1.64. The summed E-state index contributed by atoms with van der Waals surface area (Å²) in [5, 5.41) is 9.67. The third kappa shape index (κ3) is 3.04. The van der Waals surface area contributed by atoms with Gasteiger partial charge in [0.15, 0.2) is 11.5 Å². The second kappa shape index (κ2) is 6.66. The summed E-state index contributed by atoms with van der Waals surface area (Å²) in [4.78, 5) is 12.3. The van der Waals surface area contributed by atoms with Crippen LogP contribution in [0.4, 0.5) is 16.2 Å². The summed E-state index contributed by atoms with van der Waals surface area (Å²) >= 11 is 0. The smallest absolute Gasteiger partial charge is 0.417 e. The molecule has 2 aliphatic rings. The number of fused-ring (bicyclic) bond motifs is 3. The highest BCUT2D eigenvalue weighted by atomic mass is 16.6. The molecule has 142 valence electrons. The molecule has 0 spiro atoms. The van der Waals surface area contributed by atoms with Gasteiger partial charge >= 0.3 is 6.09 Å². The van der Waals surface area contributed by atoms with Gasteiger partial charge in [0, 0.05) is 22.9 Å². The number of anilines is 2. The van der Waals surface area contributed by atoms with Crippen LogP contribution in [-0.4, -0.2) is 33.0 Å². The van der Waals surface area contributed by atoms with E-state index in [1.807, 2.05) is 12.1 Å². The Bertz CT molecular complexity index is 886. The molecule has 2 atom stereocenters. The molecular formula is C20H23N3O4. The van der Waals surface area contributed by atoms with Crippen molar-refractivity contribution in [3.8, 4) is 17.2 Å². The SMILES string of the molecule is COc1ccc(NC(=O)Oc2ccc3c(c2)[C@]2(C)CCNC2N3)cc1OC. The molecule has 0 saturated carbocycles. The number of hydrogen-bond acceptors (Lipinski definition) is 6. The van der Waals surface area contributed by atoms with Gasteiger partial charge in [0.2, 0.25) is 0 Å². The highest BCUT2D eigenvalue weighted by molar-refractivity contribution is 5.87. The highest BCUT2D eigenvalue weighted by Crippen LogP contribution is 2.46. The Kier molecular flexibility index (Phi) is 4.31. The second-order valence-electron chi connectivity index (χ2n) is 6.99. The minimum Gasteiger partial charge on any atom is -0.493 e. The minimum absolute atomic E-state index is 0.00846. The van der Waals surface area contributed by atoms with Crippen LogP contribution in [0.1, 0.15) is 18.9 Å². The normalized spacial score (nSPS) is 22.4. The fourth-order valence-corrected chi connectivity index (χ4v) is 3.85. The van der Waals surface area contributed by atoms with Gasteiger partial charge < -0.3 is 19.5 Å². The second-order valence-corrected chi connectivity index (χ2v) is 6.99. The molecule has 2 aromatic carbocycles. The van der Waals surface area contributed by atoms with E-state index in [1.165, 1.54) is 5.56 Å². The molecule has 3 N–H and O–H groups in total. The molecule has 2 heterocycles. The van der Waals surface area contributed by atoms with Crippen molar-refractivity contribution < 1.29 is 19.0 Å². The first-order chi connectivity index (χ1) is 13.0. The van der Waals surface area contributed by atoms with Crippen LogP contribution in [0.25, 0.3) is 0 Å². The van der Waals surface area contributed by atoms with E-state index in [1.54, 1.807) is 38.5 Å². The number of methoxy groups -OCH3 is 2. The van der Waals surface area contributed by atoms with Crippen LogP contribution >= 0.6 is 0 Å². The number of nitrogens with one attached hydrogen (secondary N) is 3. The maximum atomic E-state index is 12.3.